The van der Waals surface area contributed by atoms with Gasteiger partial charge in [0.05, 0.1) is 6.26 Å². The van der Waals surface area contributed by atoms with E-state index in [9.17, 15) is 8.42 Å². The predicted molar refractivity (Wildman–Crippen MR) is 76.1 cm³/mol. The fraction of sp³-hybridized carbons (Fsp3) is 1.00. The van der Waals surface area contributed by atoms with E-state index >= 15 is 0 Å². The maximum Gasteiger partial charge on any atom is 0.211 e. The number of piperidine rings is 1. The van der Waals surface area contributed by atoms with Crippen LogP contribution in [0.25, 0.3) is 0 Å². The zero-order chi connectivity index (χ0) is 13.8. The van der Waals surface area contributed by atoms with E-state index in [4.69, 9.17) is 0 Å². The fourth-order valence-corrected chi connectivity index (χ4v) is 3.26. The second-order valence-corrected chi connectivity index (χ2v) is 8.41. The zero-order valence-electron chi connectivity index (χ0n) is 12.2. The van der Waals surface area contributed by atoms with Crippen molar-refractivity contribution >= 4 is 10.0 Å². The van der Waals surface area contributed by atoms with Crippen LogP contribution < -0.4 is 5.32 Å². The summed E-state index contributed by atoms with van der Waals surface area (Å²) in [6.45, 7) is 9.00. The average molecular weight is 276 g/mol. The van der Waals surface area contributed by atoms with Crippen LogP contribution in [0.2, 0.25) is 0 Å². The first-order valence-corrected chi connectivity index (χ1v) is 8.73. The molecule has 108 valence electrons. The van der Waals surface area contributed by atoms with Gasteiger partial charge in [0.2, 0.25) is 10.0 Å². The third-order valence-corrected chi connectivity index (χ3v) is 4.79. The highest BCUT2D eigenvalue weighted by Crippen LogP contribution is 2.23. The molecule has 1 saturated heterocycles. The SMILES string of the molecule is CC(C)(C)NCCCC1CCN(S(C)(=O)=O)CC1. The highest BCUT2D eigenvalue weighted by molar-refractivity contribution is 7.88. The Balaban J connectivity index is 2.17. The highest BCUT2D eigenvalue weighted by Gasteiger charge is 2.24. The molecule has 4 nitrogen and oxygen atoms in total. The van der Waals surface area contributed by atoms with Crippen LogP contribution in [0.4, 0.5) is 0 Å². The standard InChI is InChI=1S/C13H28N2O2S/c1-13(2,3)14-9-5-6-12-7-10-15(11-8-12)18(4,16)17/h12,14H,5-11H2,1-4H3. The summed E-state index contributed by atoms with van der Waals surface area (Å²) in [6, 6.07) is 0. The Morgan fingerprint density at radius 2 is 1.78 bits per heavy atom. The van der Waals surface area contributed by atoms with Crippen molar-refractivity contribution in [2.45, 2.75) is 52.0 Å². The van der Waals surface area contributed by atoms with Gasteiger partial charge in [-0.05, 0) is 58.9 Å². The van der Waals surface area contributed by atoms with Gasteiger partial charge in [-0.25, -0.2) is 12.7 Å². The molecule has 1 heterocycles. The first-order chi connectivity index (χ1) is 8.18. The van der Waals surface area contributed by atoms with Crippen LogP contribution in [0.5, 0.6) is 0 Å². The highest BCUT2D eigenvalue weighted by atomic mass is 32.2. The van der Waals surface area contributed by atoms with Gasteiger partial charge in [-0.3, -0.25) is 0 Å². The first kappa shape index (κ1) is 15.9. The molecule has 1 N–H and O–H groups in total. The number of nitrogens with one attached hydrogen (secondary N) is 1. The minimum Gasteiger partial charge on any atom is -0.312 e. The van der Waals surface area contributed by atoms with E-state index in [1.165, 1.54) is 19.1 Å². The van der Waals surface area contributed by atoms with E-state index in [0.717, 1.165) is 19.4 Å². The van der Waals surface area contributed by atoms with E-state index < -0.39 is 10.0 Å². The molecule has 0 aromatic rings. The molecule has 1 fully saturated rings. The van der Waals surface area contributed by atoms with E-state index in [1.54, 1.807) is 4.31 Å². The molecule has 0 amide bonds. The molecular weight excluding hydrogens is 248 g/mol. The number of hydrogen-bond donors (Lipinski definition) is 1. The number of rotatable bonds is 5. The molecule has 0 aromatic carbocycles. The molecule has 0 unspecified atom stereocenters. The maximum atomic E-state index is 11.4. The van der Waals surface area contributed by atoms with Crippen molar-refractivity contribution in [2.75, 3.05) is 25.9 Å². The van der Waals surface area contributed by atoms with Crippen LogP contribution in [-0.2, 0) is 10.0 Å². The van der Waals surface area contributed by atoms with Crippen molar-refractivity contribution < 1.29 is 8.42 Å². The first-order valence-electron chi connectivity index (χ1n) is 6.88. The average Bonchev–Trinajstić information content (AvgIpc) is 2.22. The Morgan fingerprint density at radius 3 is 2.22 bits per heavy atom. The minimum absolute atomic E-state index is 0.194. The number of nitrogens with zero attached hydrogens (tertiary/aromatic N) is 1. The summed E-state index contributed by atoms with van der Waals surface area (Å²) in [4.78, 5) is 0. The molecule has 0 atom stereocenters. The summed E-state index contributed by atoms with van der Waals surface area (Å²) < 4.78 is 24.4. The predicted octanol–water partition coefficient (Wildman–Crippen LogP) is 1.83. The zero-order valence-corrected chi connectivity index (χ0v) is 13.0. The Labute approximate surface area is 112 Å². The molecule has 0 saturated carbocycles. The van der Waals surface area contributed by atoms with E-state index in [0.29, 0.717) is 19.0 Å². The van der Waals surface area contributed by atoms with Gasteiger partial charge in [0.1, 0.15) is 0 Å². The smallest absolute Gasteiger partial charge is 0.211 e. The van der Waals surface area contributed by atoms with Gasteiger partial charge in [-0.15, -0.1) is 0 Å². The van der Waals surface area contributed by atoms with E-state index in [2.05, 4.69) is 26.1 Å². The summed E-state index contributed by atoms with van der Waals surface area (Å²) in [5.41, 5.74) is 0.194. The lowest BCUT2D eigenvalue weighted by atomic mass is 9.93. The minimum atomic E-state index is -2.97. The van der Waals surface area contributed by atoms with Gasteiger partial charge in [-0.1, -0.05) is 0 Å². The van der Waals surface area contributed by atoms with Crippen LogP contribution in [-0.4, -0.2) is 44.2 Å². The summed E-state index contributed by atoms with van der Waals surface area (Å²) in [5, 5.41) is 3.49. The Morgan fingerprint density at radius 1 is 1.22 bits per heavy atom. The second kappa shape index (κ2) is 6.35. The Kier molecular flexibility index (Phi) is 5.62. The lowest BCUT2D eigenvalue weighted by molar-refractivity contribution is 0.258. The Bertz CT molecular complexity index is 338. The normalized spacial score (nSPS) is 20.2. The van der Waals surface area contributed by atoms with Crippen LogP contribution in [0, 0.1) is 5.92 Å². The lowest BCUT2D eigenvalue weighted by Crippen LogP contribution is -2.38. The van der Waals surface area contributed by atoms with Gasteiger partial charge in [0, 0.05) is 18.6 Å². The second-order valence-electron chi connectivity index (χ2n) is 6.42. The molecule has 18 heavy (non-hydrogen) atoms. The maximum absolute atomic E-state index is 11.4. The van der Waals surface area contributed by atoms with Crippen molar-refractivity contribution in [1.82, 2.24) is 9.62 Å². The van der Waals surface area contributed by atoms with Gasteiger partial charge < -0.3 is 5.32 Å². The molecule has 0 spiro atoms. The van der Waals surface area contributed by atoms with Crippen LogP contribution in [0.1, 0.15) is 46.5 Å². The fourth-order valence-electron chi connectivity index (χ4n) is 2.38. The van der Waals surface area contributed by atoms with Crippen LogP contribution >= 0.6 is 0 Å². The third kappa shape index (κ3) is 6.16. The monoisotopic (exact) mass is 276 g/mol. The van der Waals surface area contributed by atoms with Crippen molar-refractivity contribution in [2.24, 2.45) is 5.92 Å². The van der Waals surface area contributed by atoms with Crippen LogP contribution in [0.15, 0.2) is 0 Å². The van der Waals surface area contributed by atoms with Crippen LogP contribution in [0.3, 0.4) is 0 Å². The summed E-state index contributed by atoms with van der Waals surface area (Å²) in [6.07, 6.45) is 5.73. The summed E-state index contributed by atoms with van der Waals surface area (Å²) >= 11 is 0. The van der Waals surface area contributed by atoms with Gasteiger partial charge >= 0.3 is 0 Å². The lowest BCUT2D eigenvalue weighted by Gasteiger charge is -2.30. The molecule has 0 radical (unpaired) electrons. The number of hydrogen-bond acceptors (Lipinski definition) is 3. The molecule has 0 bridgehead atoms. The molecule has 0 aromatic heterocycles. The van der Waals surface area contributed by atoms with Gasteiger partial charge in [0.15, 0.2) is 0 Å². The van der Waals surface area contributed by atoms with Crippen molar-refractivity contribution in [1.29, 1.82) is 0 Å². The summed E-state index contributed by atoms with van der Waals surface area (Å²) in [7, 11) is -2.97. The largest absolute Gasteiger partial charge is 0.312 e. The van der Waals surface area contributed by atoms with Crippen molar-refractivity contribution in [3.63, 3.8) is 0 Å². The molecule has 5 heteroatoms. The topological polar surface area (TPSA) is 49.4 Å². The van der Waals surface area contributed by atoms with Crippen molar-refractivity contribution in [3.8, 4) is 0 Å². The van der Waals surface area contributed by atoms with E-state index in [1.807, 2.05) is 0 Å². The molecule has 1 aliphatic heterocycles. The quantitative estimate of drug-likeness (QED) is 0.779. The van der Waals surface area contributed by atoms with Gasteiger partial charge in [-0.2, -0.15) is 0 Å². The molecular formula is C13H28N2O2S. The summed E-state index contributed by atoms with van der Waals surface area (Å²) in [5.74, 6) is 0.699. The molecule has 1 rings (SSSR count). The molecule has 1 aliphatic rings. The Hall–Kier alpha value is -0.130. The van der Waals surface area contributed by atoms with Gasteiger partial charge in [0.25, 0.3) is 0 Å². The van der Waals surface area contributed by atoms with E-state index in [-0.39, 0.29) is 5.54 Å². The number of sulfonamides is 1. The van der Waals surface area contributed by atoms with Crippen molar-refractivity contribution in [3.05, 3.63) is 0 Å². The molecule has 0 aliphatic carbocycles. The third-order valence-electron chi connectivity index (χ3n) is 3.49.